The molecule has 94 valence electrons. The summed E-state index contributed by atoms with van der Waals surface area (Å²) in [5.74, 6) is -0.175. The van der Waals surface area contributed by atoms with Gasteiger partial charge in [0.05, 0.1) is 17.6 Å². The first-order valence-corrected chi connectivity index (χ1v) is 7.53. The van der Waals surface area contributed by atoms with Crippen LogP contribution < -0.4 is 5.32 Å². The lowest BCUT2D eigenvalue weighted by Gasteiger charge is -2.15. The molecule has 2 N–H and O–H groups in total. The van der Waals surface area contributed by atoms with Crippen LogP contribution in [-0.2, 0) is 16.4 Å². The van der Waals surface area contributed by atoms with Gasteiger partial charge in [-0.2, -0.15) is 0 Å². The molecule has 0 radical (unpaired) electrons. The summed E-state index contributed by atoms with van der Waals surface area (Å²) in [6.45, 7) is 0.455. The van der Waals surface area contributed by atoms with Gasteiger partial charge < -0.3 is 10.4 Å². The second-order valence-corrected chi connectivity index (χ2v) is 6.78. The van der Waals surface area contributed by atoms with Gasteiger partial charge in [0, 0.05) is 17.6 Å². The van der Waals surface area contributed by atoms with Crippen molar-refractivity contribution < 1.29 is 13.5 Å². The first kappa shape index (κ1) is 12.8. The highest BCUT2D eigenvalue weighted by molar-refractivity contribution is 7.91. The zero-order valence-corrected chi connectivity index (χ0v) is 10.7. The summed E-state index contributed by atoms with van der Waals surface area (Å²) in [6.07, 6.45) is -0.831. The van der Waals surface area contributed by atoms with E-state index in [1.807, 2.05) is 18.2 Å². The van der Waals surface area contributed by atoms with Gasteiger partial charge in [-0.15, -0.1) is 0 Å². The van der Waals surface area contributed by atoms with Crippen LogP contribution in [0.3, 0.4) is 0 Å². The first-order chi connectivity index (χ1) is 7.98. The van der Waals surface area contributed by atoms with E-state index in [1.54, 1.807) is 6.07 Å². The zero-order valence-electron chi connectivity index (χ0n) is 9.14. The number of aliphatic hydroxyl groups excluding tert-OH is 1. The van der Waals surface area contributed by atoms with E-state index in [0.29, 0.717) is 11.6 Å². The van der Waals surface area contributed by atoms with Crippen molar-refractivity contribution in [3.8, 4) is 0 Å². The molecule has 6 heteroatoms. The van der Waals surface area contributed by atoms with Gasteiger partial charge in [-0.3, -0.25) is 0 Å². The normalized spacial score (nSPS) is 27.2. The van der Waals surface area contributed by atoms with Crippen LogP contribution in [0.15, 0.2) is 24.3 Å². The van der Waals surface area contributed by atoms with Crippen LogP contribution in [0.25, 0.3) is 0 Å². The van der Waals surface area contributed by atoms with E-state index in [1.165, 1.54) is 0 Å². The lowest BCUT2D eigenvalue weighted by Crippen LogP contribution is -2.38. The fraction of sp³-hybridized carbons (Fsp3) is 0.455. The molecule has 1 saturated heterocycles. The Labute approximate surface area is 106 Å². The summed E-state index contributed by atoms with van der Waals surface area (Å²) in [4.78, 5) is 0. The number of nitrogens with one attached hydrogen (secondary N) is 1. The maximum atomic E-state index is 11.3. The average molecular weight is 276 g/mol. The van der Waals surface area contributed by atoms with Gasteiger partial charge in [-0.25, -0.2) is 8.42 Å². The predicted octanol–water partition coefficient (Wildman–Crippen LogP) is 0.587. The molecule has 17 heavy (non-hydrogen) atoms. The topological polar surface area (TPSA) is 66.4 Å². The summed E-state index contributed by atoms with van der Waals surface area (Å²) in [6, 6.07) is 6.94. The van der Waals surface area contributed by atoms with Gasteiger partial charge in [-0.05, 0) is 11.6 Å². The van der Waals surface area contributed by atoms with Crippen LogP contribution in [0.1, 0.15) is 5.56 Å². The molecule has 0 saturated carbocycles. The summed E-state index contributed by atoms with van der Waals surface area (Å²) in [5, 5.41) is 13.3. The fourth-order valence-corrected chi connectivity index (χ4v) is 3.89. The van der Waals surface area contributed by atoms with Crippen LogP contribution in [0.4, 0.5) is 0 Å². The monoisotopic (exact) mass is 275 g/mol. The Bertz CT molecular complexity index is 503. The molecule has 4 nitrogen and oxygen atoms in total. The molecule has 0 aromatic heterocycles. The fourth-order valence-electron chi connectivity index (χ4n) is 1.91. The SMILES string of the molecule is O=S1(=O)C[C@@H](O)[C@@H](NCc2ccccc2Cl)C1. The van der Waals surface area contributed by atoms with Crippen molar-refractivity contribution in [1.82, 2.24) is 5.32 Å². The maximum absolute atomic E-state index is 11.3. The molecule has 0 unspecified atom stereocenters. The van der Waals surface area contributed by atoms with Crippen molar-refractivity contribution in [2.75, 3.05) is 11.5 Å². The van der Waals surface area contributed by atoms with E-state index in [0.717, 1.165) is 5.56 Å². The molecule has 2 atom stereocenters. The summed E-state index contributed by atoms with van der Waals surface area (Å²) in [7, 11) is -3.10. The Hall–Kier alpha value is -0.620. The van der Waals surface area contributed by atoms with E-state index >= 15 is 0 Å². The van der Waals surface area contributed by atoms with Crippen molar-refractivity contribution >= 4 is 21.4 Å². The molecule has 1 aromatic carbocycles. The van der Waals surface area contributed by atoms with Crippen LogP contribution in [0.5, 0.6) is 0 Å². The van der Waals surface area contributed by atoms with Crippen LogP contribution in [0, 0.1) is 0 Å². The van der Waals surface area contributed by atoms with Gasteiger partial charge in [0.2, 0.25) is 0 Å². The minimum absolute atomic E-state index is 0.0153. The molecule has 1 aliphatic rings. The van der Waals surface area contributed by atoms with E-state index < -0.39 is 22.0 Å². The Balaban J connectivity index is 1.98. The Kier molecular flexibility index (Phi) is 3.73. The molecule has 1 heterocycles. The molecular formula is C11H14ClNO3S. The van der Waals surface area contributed by atoms with Crippen molar-refractivity contribution in [2.24, 2.45) is 0 Å². The minimum Gasteiger partial charge on any atom is -0.390 e. The summed E-state index contributed by atoms with van der Waals surface area (Å²) < 4.78 is 22.6. The largest absolute Gasteiger partial charge is 0.390 e. The second kappa shape index (κ2) is 4.94. The highest BCUT2D eigenvalue weighted by Crippen LogP contribution is 2.17. The summed E-state index contributed by atoms with van der Waals surface area (Å²) >= 11 is 5.98. The molecule has 0 aliphatic carbocycles. The Morgan fingerprint density at radius 2 is 2.06 bits per heavy atom. The molecule has 0 amide bonds. The molecular weight excluding hydrogens is 262 g/mol. The van der Waals surface area contributed by atoms with Crippen LogP contribution in [-0.4, -0.2) is 37.2 Å². The third-order valence-corrected chi connectivity index (χ3v) is 4.92. The third-order valence-electron chi connectivity index (χ3n) is 2.84. The van der Waals surface area contributed by atoms with E-state index in [2.05, 4.69) is 5.32 Å². The molecule has 1 fully saturated rings. The lowest BCUT2D eigenvalue weighted by molar-refractivity contribution is 0.165. The van der Waals surface area contributed by atoms with Crippen molar-refractivity contribution in [3.63, 3.8) is 0 Å². The smallest absolute Gasteiger partial charge is 0.154 e. The van der Waals surface area contributed by atoms with Crippen LogP contribution in [0.2, 0.25) is 5.02 Å². The van der Waals surface area contributed by atoms with E-state index in [-0.39, 0.29) is 11.5 Å². The number of sulfone groups is 1. The number of benzene rings is 1. The first-order valence-electron chi connectivity index (χ1n) is 5.33. The number of hydrogen-bond acceptors (Lipinski definition) is 4. The van der Waals surface area contributed by atoms with Crippen LogP contribution >= 0.6 is 11.6 Å². The summed E-state index contributed by atoms with van der Waals surface area (Å²) in [5.41, 5.74) is 0.894. The molecule has 1 aliphatic heterocycles. The maximum Gasteiger partial charge on any atom is 0.154 e. The Morgan fingerprint density at radius 1 is 1.35 bits per heavy atom. The minimum atomic E-state index is -3.10. The van der Waals surface area contributed by atoms with Gasteiger partial charge >= 0.3 is 0 Å². The van der Waals surface area contributed by atoms with Gasteiger partial charge in [0.1, 0.15) is 0 Å². The third kappa shape index (κ3) is 3.19. The molecule has 0 bridgehead atoms. The van der Waals surface area contributed by atoms with E-state index in [9.17, 15) is 13.5 Å². The zero-order chi connectivity index (χ0) is 12.5. The molecule has 2 rings (SSSR count). The molecule has 0 spiro atoms. The number of halogens is 1. The Morgan fingerprint density at radius 3 is 2.65 bits per heavy atom. The van der Waals surface area contributed by atoms with Crippen molar-refractivity contribution in [3.05, 3.63) is 34.9 Å². The van der Waals surface area contributed by atoms with Crippen molar-refractivity contribution in [2.45, 2.75) is 18.7 Å². The lowest BCUT2D eigenvalue weighted by atomic mass is 10.2. The average Bonchev–Trinajstić information content (AvgIpc) is 2.51. The molecule has 1 aromatic rings. The van der Waals surface area contributed by atoms with Crippen molar-refractivity contribution in [1.29, 1.82) is 0 Å². The number of hydrogen-bond donors (Lipinski definition) is 2. The van der Waals surface area contributed by atoms with E-state index in [4.69, 9.17) is 11.6 Å². The highest BCUT2D eigenvalue weighted by atomic mass is 35.5. The number of rotatable bonds is 3. The van der Waals surface area contributed by atoms with Gasteiger partial charge in [0.15, 0.2) is 9.84 Å². The number of aliphatic hydroxyl groups is 1. The quantitative estimate of drug-likeness (QED) is 0.847. The predicted molar refractivity (Wildman–Crippen MR) is 66.7 cm³/mol. The van der Waals surface area contributed by atoms with Gasteiger partial charge in [-0.1, -0.05) is 29.8 Å². The standard InChI is InChI=1S/C11H14ClNO3S/c12-9-4-2-1-3-8(9)5-13-10-6-17(15,16)7-11(10)14/h1-4,10-11,13-14H,5-7H2/t10-,11+/m0/s1. The van der Waals surface area contributed by atoms with Gasteiger partial charge in [0.25, 0.3) is 0 Å². The highest BCUT2D eigenvalue weighted by Gasteiger charge is 2.35. The second-order valence-electron chi connectivity index (χ2n) is 4.22.